The van der Waals surface area contributed by atoms with Crippen molar-refractivity contribution in [2.45, 2.75) is 0 Å². The van der Waals surface area contributed by atoms with E-state index in [1.165, 1.54) is 38.5 Å². The molecule has 30 heavy (non-hydrogen) atoms. The lowest BCUT2D eigenvalue weighted by Gasteiger charge is -2.06. The molecule has 0 atom stereocenters. The molecular weight excluding hydrogens is 408 g/mol. The first-order chi connectivity index (χ1) is 14.3. The van der Waals surface area contributed by atoms with E-state index < -0.39 is 11.2 Å². The highest BCUT2D eigenvalue weighted by Gasteiger charge is 2.14. The Labute approximate surface area is 178 Å². The highest BCUT2D eigenvalue weighted by molar-refractivity contribution is 6.67. The van der Waals surface area contributed by atoms with Gasteiger partial charge in [-0.2, -0.15) is 10.5 Å². The van der Waals surface area contributed by atoms with Crippen molar-refractivity contribution in [1.82, 2.24) is 0 Å². The van der Waals surface area contributed by atoms with Crippen LogP contribution in [0.4, 0.5) is 0 Å². The van der Waals surface area contributed by atoms with E-state index in [9.17, 15) is 9.59 Å². The molecule has 0 aliphatic rings. The summed E-state index contributed by atoms with van der Waals surface area (Å²) in [6.07, 6.45) is 10.4. The lowest BCUT2D eigenvalue weighted by molar-refractivity contribution is 0.0696. The number of carboxylic acid groups (broad SMARTS) is 1. The van der Waals surface area contributed by atoms with Crippen molar-refractivity contribution in [2.75, 3.05) is 14.2 Å². The molecule has 0 saturated carbocycles. The number of methoxy groups -OCH3 is 2. The zero-order valence-electron chi connectivity index (χ0n) is 15.8. The van der Waals surface area contributed by atoms with Gasteiger partial charge >= 0.3 is 5.97 Å². The maximum atomic E-state index is 10.9. The van der Waals surface area contributed by atoms with E-state index in [2.05, 4.69) is 11.8 Å². The predicted octanol–water partition coefficient (Wildman–Crippen LogP) is 3.17. The molecule has 8 heteroatoms. The van der Waals surface area contributed by atoms with Crippen molar-refractivity contribution in [1.29, 1.82) is 10.5 Å². The molecular formula is C22H13ClN2O5. The second kappa shape index (κ2) is 10.8. The Morgan fingerprint density at radius 2 is 1.23 bits per heavy atom. The van der Waals surface area contributed by atoms with Gasteiger partial charge in [0.05, 0.1) is 42.0 Å². The van der Waals surface area contributed by atoms with Gasteiger partial charge in [-0.1, -0.05) is 11.8 Å². The van der Waals surface area contributed by atoms with Gasteiger partial charge in [0.1, 0.15) is 12.1 Å². The highest BCUT2D eigenvalue weighted by atomic mass is 35.5. The summed E-state index contributed by atoms with van der Waals surface area (Å²) in [4.78, 5) is 21.6. The van der Waals surface area contributed by atoms with E-state index in [-0.39, 0.29) is 39.3 Å². The van der Waals surface area contributed by atoms with E-state index in [0.717, 1.165) is 0 Å². The summed E-state index contributed by atoms with van der Waals surface area (Å²) in [6, 6.07) is 8.99. The molecule has 2 aromatic rings. The first kappa shape index (κ1) is 23.6. The number of rotatable bonds is 4. The van der Waals surface area contributed by atoms with Crippen LogP contribution in [0.25, 0.3) is 0 Å². The Hall–Kier alpha value is -4.43. The van der Waals surface area contributed by atoms with Crippen molar-refractivity contribution in [3.63, 3.8) is 0 Å². The minimum atomic E-state index is -1.13. The largest absolute Gasteiger partial charge is 0.494 e. The lowest BCUT2D eigenvalue weighted by atomic mass is 10.0. The van der Waals surface area contributed by atoms with Crippen molar-refractivity contribution < 1.29 is 24.2 Å². The van der Waals surface area contributed by atoms with Crippen LogP contribution in [0.3, 0.4) is 0 Å². The molecule has 0 saturated heterocycles. The van der Waals surface area contributed by atoms with Gasteiger partial charge in [-0.05, 0) is 35.9 Å². The van der Waals surface area contributed by atoms with Gasteiger partial charge in [0.2, 0.25) is 0 Å². The first-order valence-corrected chi connectivity index (χ1v) is 8.26. The summed E-state index contributed by atoms with van der Waals surface area (Å²) >= 11 is 5.30. The Bertz CT molecular complexity index is 1010. The van der Waals surface area contributed by atoms with Crippen LogP contribution < -0.4 is 9.47 Å². The summed E-state index contributed by atoms with van der Waals surface area (Å²) in [5.74, 6) is 3.98. The second-order valence-electron chi connectivity index (χ2n) is 5.30. The first-order valence-electron chi connectivity index (χ1n) is 7.88. The summed E-state index contributed by atoms with van der Waals surface area (Å²) in [6.45, 7) is 0. The molecule has 0 bridgehead atoms. The molecule has 0 fully saturated rings. The van der Waals surface area contributed by atoms with Crippen molar-refractivity contribution >= 4 is 22.8 Å². The molecule has 1 N–H and O–H groups in total. The molecule has 148 valence electrons. The number of hydrogen-bond donors (Lipinski definition) is 1. The summed E-state index contributed by atoms with van der Waals surface area (Å²) in [5, 5.41) is 25.7. The number of benzene rings is 2. The number of terminal acetylenes is 2. The van der Waals surface area contributed by atoms with Crippen molar-refractivity contribution in [3.8, 4) is 48.3 Å². The molecule has 0 spiro atoms. The monoisotopic (exact) mass is 420 g/mol. The Morgan fingerprint density at radius 1 is 0.867 bits per heavy atom. The van der Waals surface area contributed by atoms with E-state index >= 15 is 0 Å². The number of carbonyl (C=O) groups is 2. The smallest absolute Gasteiger partial charge is 0.335 e. The zero-order valence-corrected chi connectivity index (χ0v) is 16.6. The van der Waals surface area contributed by atoms with Gasteiger partial charge in [0.25, 0.3) is 5.24 Å². The Morgan fingerprint density at radius 3 is 1.53 bits per heavy atom. The van der Waals surface area contributed by atoms with Gasteiger partial charge in [-0.3, -0.25) is 4.79 Å². The van der Waals surface area contributed by atoms with E-state index in [4.69, 9.17) is 49.6 Å². The van der Waals surface area contributed by atoms with Crippen LogP contribution >= 0.6 is 11.6 Å². The van der Waals surface area contributed by atoms with Gasteiger partial charge in [0, 0.05) is 5.56 Å². The summed E-state index contributed by atoms with van der Waals surface area (Å²) in [5.41, 5.74) is 1.05. The van der Waals surface area contributed by atoms with Crippen LogP contribution in [0.1, 0.15) is 43.0 Å². The molecule has 2 aromatic carbocycles. The molecule has 0 aliphatic heterocycles. The number of carbonyl (C=O) groups excluding carboxylic acids is 1. The molecule has 0 heterocycles. The fraction of sp³-hybridized carbons (Fsp3) is 0.0909. The standard InChI is InChI=1S/C11H6ClNO2.C11H7NO3/c1-3-7-4-8(11(12)14)5-9(6-13)10(7)15-2;1-3-7-4-8(11(13)14)5-9(6-12)10(7)15-2/h1,4-5H,2H3;1,4-5H,2H3,(H,13,14). The van der Waals surface area contributed by atoms with Crippen LogP contribution in [0, 0.1) is 47.3 Å². The second-order valence-corrected chi connectivity index (χ2v) is 5.64. The van der Waals surface area contributed by atoms with Crippen LogP contribution in [0.5, 0.6) is 11.5 Å². The van der Waals surface area contributed by atoms with Gasteiger partial charge in [0.15, 0.2) is 11.5 Å². The molecule has 0 amide bonds. The van der Waals surface area contributed by atoms with Gasteiger partial charge < -0.3 is 14.6 Å². The molecule has 2 rings (SSSR count). The topological polar surface area (TPSA) is 120 Å². The highest BCUT2D eigenvalue weighted by Crippen LogP contribution is 2.26. The molecule has 0 aromatic heterocycles. The minimum absolute atomic E-state index is 0.0275. The predicted molar refractivity (Wildman–Crippen MR) is 108 cm³/mol. The van der Waals surface area contributed by atoms with Crippen LogP contribution in [-0.2, 0) is 0 Å². The fourth-order valence-corrected chi connectivity index (χ4v) is 2.42. The van der Waals surface area contributed by atoms with E-state index in [0.29, 0.717) is 5.56 Å². The normalized spacial score (nSPS) is 8.77. The SMILES string of the molecule is C#Cc1cc(C(=O)Cl)cc(C#N)c1OC.C#Cc1cc(C(=O)O)cc(C#N)c1OC. The zero-order chi connectivity index (χ0) is 22.8. The minimum Gasteiger partial charge on any atom is -0.494 e. The number of nitrogens with zero attached hydrogens (tertiary/aromatic N) is 2. The Kier molecular flexibility index (Phi) is 8.49. The van der Waals surface area contributed by atoms with Gasteiger partial charge in [-0.15, -0.1) is 12.8 Å². The molecule has 7 nitrogen and oxygen atoms in total. The van der Waals surface area contributed by atoms with E-state index in [1.54, 1.807) is 0 Å². The number of aromatic carboxylic acids is 1. The third-order valence-electron chi connectivity index (χ3n) is 3.61. The van der Waals surface area contributed by atoms with Crippen molar-refractivity contribution in [2.24, 2.45) is 0 Å². The van der Waals surface area contributed by atoms with Gasteiger partial charge in [-0.25, -0.2) is 4.79 Å². The fourth-order valence-electron chi connectivity index (χ4n) is 2.32. The quantitative estimate of drug-likeness (QED) is 0.595. The van der Waals surface area contributed by atoms with E-state index in [1.807, 2.05) is 12.1 Å². The van der Waals surface area contributed by atoms with Crippen molar-refractivity contribution in [3.05, 3.63) is 57.6 Å². The molecule has 0 radical (unpaired) electrons. The molecule has 0 aliphatic carbocycles. The summed E-state index contributed by atoms with van der Waals surface area (Å²) in [7, 11) is 2.77. The average molecular weight is 421 g/mol. The summed E-state index contributed by atoms with van der Waals surface area (Å²) < 4.78 is 9.91. The number of hydrogen-bond acceptors (Lipinski definition) is 6. The Balaban J connectivity index is 0.000000300. The third kappa shape index (κ3) is 5.31. The maximum absolute atomic E-state index is 10.9. The van der Waals surface area contributed by atoms with Crippen LogP contribution in [0.15, 0.2) is 24.3 Å². The third-order valence-corrected chi connectivity index (χ3v) is 3.83. The lowest BCUT2D eigenvalue weighted by Crippen LogP contribution is -2.00. The number of halogens is 1. The number of nitriles is 2. The van der Waals surface area contributed by atoms with Crippen LogP contribution in [0.2, 0.25) is 0 Å². The maximum Gasteiger partial charge on any atom is 0.335 e. The number of ether oxygens (including phenoxy) is 2. The average Bonchev–Trinajstić information content (AvgIpc) is 2.76. The van der Waals surface area contributed by atoms with Crippen LogP contribution in [-0.4, -0.2) is 30.5 Å². The number of carboxylic acids is 1. The molecule has 0 unspecified atom stereocenters.